The van der Waals surface area contributed by atoms with Gasteiger partial charge < -0.3 is 46.4 Å². The number of nitrogens with one attached hydrogen (secondary N) is 2. The van der Waals surface area contributed by atoms with Gasteiger partial charge >= 0.3 is 29.8 Å². The fourth-order valence-electron chi connectivity index (χ4n) is 11.6. The SMILES string of the molecule is CC(CCC(=O)O)[C@H]1CCC2C3C(C[C@H](O)[C@@]21C)[C@@]1(C)CC[C@H](NC(=O)CNC(=O)CN(CCN(CCN(CC(=O)O)CC(=O)O)CC(=O)O)CC(=O)O)C[C@H]1C[C@H]3O. The molecule has 4 unspecified atom stereocenters. The van der Waals surface area contributed by atoms with E-state index >= 15 is 0 Å². The van der Waals surface area contributed by atoms with Gasteiger partial charge in [0.1, 0.15) is 0 Å². The van der Waals surface area contributed by atoms with Gasteiger partial charge in [0.25, 0.3) is 0 Å². The van der Waals surface area contributed by atoms with E-state index in [1.54, 1.807) is 0 Å². The lowest BCUT2D eigenvalue weighted by atomic mass is 9.43. The summed E-state index contributed by atoms with van der Waals surface area (Å²) in [6.07, 6.45) is 4.56. The maximum atomic E-state index is 13.1. The highest BCUT2D eigenvalue weighted by molar-refractivity contribution is 5.86. The van der Waals surface area contributed by atoms with Crippen molar-refractivity contribution < 1.29 is 69.3 Å². The van der Waals surface area contributed by atoms with Gasteiger partial charge in [-0.3, -0.25) is 48.3 Å². The molecule has 4 aliphatic carbocycles. The molecular formula is C40H65N5O14. The summed E-state index contributed by atoms with van der Waals surface area (Å²) >= 11 is 0. The van der Waals surface area contributed by atoms with Crippen molar-refractivity contribution in [3.63, 3.8) is 0 Å². The molecule has 0 heterocycles. The standard InChI is InChI=1S/C40H65N5O14/c1-23(4-7-33(50)51)26-5-6-27-38-28(16-30(47)40(26,27)3)39(2)9-8-25(14-24(39)15-29(38)46)42-31(48)17-41-32(49)18-44(20-35(54)55)12-10-43(19-34(52)53)11-13-45(21-36(56)57)22-37(58)59/h23-30,38,46-47H,4-22H2,1-3H3,(H,41,49)(H,42,48)(H,50,51)(H,52,53)(H,54,55)(H,56,57)(H,58,59)/t23?,24-,25-,26+,27?,28?,29+,30-,38?,39-,40+/m0/s1. The Labute approximate surface area is 344 Å². The summed E-state index contributed by atoms with van der Waals surface area (Å²) in [5.74, 6) is -6.20. The van der Waals surface area contributed by atoms with Crippen LogP contribution in [-0.2, 0) is 33.6 Å². The predicted molar refractivity (Wildman–Crippen MR) is 209 cm³/mol. The van der Waals surface area contributed by atoms with E-state index in [9.17, 15) is 59.1 Å². The summed E-state index contributed by atoms with van der Waals surface area (Å²) in [6.45, 7) is 3.25. The van der Waals surface area contributed by atoms with Crippen LogP contribution in [0.4, 0.5) is 0 Å². The Morgan fingerprint density at radius 1 is 0.661 bits per heavy atom. The molecule has 4 fully saturated rings. The molecule has 19 heteroatoms. The van der Waals surface area contributed by atoms with Gasteiger partial charge in [0.05, 0.1) is 51.5 Å². The summed E-state index contributed by atoms with van der Waals surface area (Å²) in [4.78, 5) is 86.4. The molecule has 11 atom stereocenters. The average Bonchev–Trinajstić information content (AvgIpc) is 3.49. The van der Waals surface area contributed by atoms with Crippen LogP contribution in [0, 0.1) is 46.3 Å². The van der Waals surface area contributed by atoms with E-state index in [1.807, 2.05) is 0 Å². The van der Waals surface area contributed by atoms with Crippen molar-refractivity contribution in [1.82, 2.24) is 25.3 Å². The van der Waals surface area contributed by atoms with Crippen LogP contribution in [0.15, 0.2) is 0 Å². The summed E-state index contributed by atoms with van der Waals surface area (Å²) in [7, 11) is 0. The van der Waals surface area contributed by atoms with Gasteiger partial charge in [-0.15, -0.1) is 0 Å². The van der Waals surface area contributed by atoms with E-state index in [0.29, 0.717) is 32.1 Å². The summed E-state index contributed by atoms with van der Waals surface area (Å²) in [5, 5.41) is 75.4. The van der Waals surface area contributed by atoms with Crippen molar-refractivity contribution in [2.24, 2.45) is 46.3 Å². The molecule has 59 heavy (non-hydrogen) atoms. The first-order chi connectivity index (χ1) is 27.6. The number of aliphatic carboxylic acids is 5. The Morgan fingerprint density at radius 2 is 1.20 bits per heavy atom. The second kappa shape index (κ2) is 20.6. The van der Waals surface area contributed by atoms with E-state index < -0.39 is 92.0 Å². The van der Waals surface area contributed by atoms with E-state index in [0.717, 1.165) is 24.2 Å². The molecule has 0 aliphatic heterocycles. The maximum absolute atomic E-state index is 13.1. The molecule has 0 aromatic rings. The second-order valence-corrected chi connectivity index (χ2v) is 18.1. The Kier molecular flexibility index (Phi) is 16.7. The molecule has 9 N–H and O–H groups in total. The lowest BCUT2D eigenvalue weighted by Gasteiger charge is -2.63. The highest BCUT2D eigenvalue weighted by Crippen LogP contribution is 2.68. The number of nitrogens with zero attached hydrogens (tertiary/aromatic N) is 3. The number of hydrogen-bond donors (Lipinski definition) is 9. The van der Waals surface area contributed by atoms with Crippen LogP contribution in [0.25, 0.3) is 0 Å². The Balaban J connectivity index is 1.28. The third kappa shape index (κ3) is 12.3. The van der Waals surface area contributed by atoms with Gasteiger partial charge in [0.15, 0.2) is 0 Å². The first-order valence-electron chi connectivity index (χ1n) is 20.8. The number of aliphatic hydroxyl groups excluding tert-OH is 2. The molecule has 2 amide bonds. The first-order valence-corrected chi connectivity index (χ1v) is 20.8. The number of amides is 2. The average molecular weight is 840 g/mol. The molecule has 0 spiro atoms. The number of rotatable bonds is 23. The fourth-order valence-corrected chi connectivity index (χ4v) is 11.6. The quantitative estimate of drug-likeness (QED) is 0.0651. The largest absolute Gasteiger partial charge is 0.481 e. The molecule has 19 nitrogen and oxygen atoms in total. The molecule has 0 bridgehead atoms. The molecular weight excluding hydrogens is 774 g/mol. The minimum Gasteiger partial charge on any atom is -0.481 e. The van der Waals surface area contributed by atoms with Crippen molar-refractivity contribution in [1.29, 1.82) is 0 Å². The van der Waals surface area contributed by atoms with Crippen LogP contribution in [0.2, 0.25) is 0 Å². The Morgan fingerprint density at radius 3 is 1.76 bits per heavy atom. The number of carbonyl (C=O) groups is 7. The Hall–Kier alpha value is -3.91. The first kappa shape index (κ1) is 47.8. The molecule has 4 rings (SSSR count). The van der Waals surface area contributed by atoms with Crippen molar-refractivity contribution in [2.45, 2.75) is 96.8 Å². The zero-order valence-electron chi connectivity index (χ0n) is 34.5. The van der Waals surface area contributed by atoms with Gasteiger partial charge in [-0.25, -0.2) is 0 Å². The van der Waals surface area contributed by atoms with Crippen LogP contribution in [0.3, 0.4) is 0 Å². The number of aliphatic hydroxyl groups is 2. The minimum absolute atomic E-state index is 0.0293. The topological polar surface area (TPSA) is 295 Å². The zero-order valence-corrected chi connectivity index (χ0v) is 34.5. The summed E-state index contributed by atoms with van der Waals surface area (Å²) in [5.41, 5.74) is -0.555. The Bertz CT molecular complexity index is 1530. The lowest BCUT2D eigenvalue weighted by Crippen LogP contribution is -2.63. The monoisotopic (exact) mass is 839 g/mol. The van der Waals surface area contributed by atoms with Crippen LogP contribution < -0.4 is 10.6 Å². The smallest absolute Gasteiger partial charge is 0.317 e. The van der Waals surface area contributed by atoms with Crippen molar-refractivity contribution in [3.05, 3.63) is 0 Å². The fraction of sp³-hybridized carbons (Fsp3) is 0.825. The normalized spacial score (nSPS) is 31.8. The molecule has 0 saturated heterocycles. The van der Waals surface area contributed by atoms with Gasteiger partial charge in [0, 0.05) is 38.6 Å². The number of hydrogen-bond acceptors (Lipinski definition) is 12. The second-order valence-electron chi connectivity index (χ2n) is 18.1. The third-order valence-corrected chi connectivity index (χ3v) is 14.4. The highest BCUT2D eigenvalue weighted by Gasteiger charge is 2.65. The van der Waals surface area contributed by atoms with E-state index in [1.165, 1.54) is 9.80 Å². The molecule has 0 aromatic heterocycles. The zero-order chi connectivity index (χ0) is 43.8. The van der Waals surface area contributed by atoms with Crippen LogP contribution in [0.5, 0.6) is 0 Å². The van der Waals surface area contributed by atoms with Crippen LogP contribution >= 0.6 is 0 Å². The molecule has 4 aliphatic rings. The van der Waals surface area contributed by atoms with Gasteiger partial charge in [-0.05, 0) is 97.7 Å². The highest BCUT2D eigenvalue weighted by atomic mass is 16.4. The van der Waals surface area contributed by atoms with Crippen molar-refractivity contribution in [3.8, 4) is 0 Å². The van der Waals surface area contributed by atoms with Gasteiger partial charge in [-0.1, -0.05) is 20.8 Å². The number of fused-ring (bicyclic) bond motifs is 5. The molecule has 4 saturated carbocycles. The van der Waals surface area contributed by atoms with E-state index in [-0.39, 0.29) is 86.1 Å². The molecule has 0 aromatic carbocycles. The van der Waals surface area contributed by atoms with Crippen molar-refractivity contribution >= 4 is 41.7 Å². The minimum atomic E-state index is -1.26. The maximum Gasteiger partial charge on any atom is 0.317 e. The number of carbonyl (C=O) groups excluding carboxylic acids is 2. The third-order valence-electron chi connectivity index (χ3n) is 14.4. The lowest BCUT2D eigenvalue weighted by molar-refractivity contribution is -0.202. The molecule has 0 radical (unpaired) electrons. The van der Waals surface area contributed by atoms with Gasteiger partial charge in [0.2, 0.25) is 11.8 Å². The van der Waals surface area contributed by atoms with Crippen LogP contribution in [0.1, 0.15) is 78.6 Å². The summed E-state index contributed by atoms with van der Waals surface area (Å²) < 4.78 is 0. The predicted octanol–water partition coefficient (Wildman–Crippen LogP) is -0.0668. The van der Waals surface area contributed by atoms with E-state index in [2.05, 4.69) is 31.4 Å². The summed E-state index contributed by atoms with van der Waals surface area (Å²) in [6, 6.07) is -0.198. The number of carboxylic acids is 5. The number of carboxylic acid groups (broad SMARTS) is 5. The van der Waals surface area contributed by atoms with E-state index in [4.69, 9.17) is 10.2 Å². The van der Waals surface area contributed by atoms with Gasteiger partial charge in [-0.2, -0.15) is 0 Å². The molecule has 334 valence electrons. The van der Waals surface area contributed by atoms with Crippen molar-refractivity contribution in [2.75, 3.05) is 65.4 Å². The van der Waals surface area contributed by atoms with Crippen LogP contribution in [-0.4, -0.2) is 176 Å².